The van der Waals surface area contributed by atoms with Gasteiger partial charge in [-0.2, -0.15) is 9.97 Å². The number of benzene rings is 8. The van der Waals surface area contributed by atoms with Gasteiger partial charge in [-0.3, -0.25) is 0 Å². The van der Waals surface area contributed by atoms with Gasteiger partial charge < -0.3 is 0 Å². The van der Waals surface area contributed by atoms with E-state index in [1.165, 1.54) is 44.5 Å². The quantitative estimate of drug-likeness (QED) is 0.171. The zero-order valence-corrected chi connectivity index (χ0v) is 39.9. The lowest BCUT2D eigenvalue weighted by molar-refractivity contribution is 0.591. The molecule has 0 amide bonds. The molecule has 0 unspecified atom stereocenters. The average Bonchev–Trinajstić information content (AvgIpc) is 3.40. The molecule has 2 aliphatic rings. The Balaban J connectivity index is 0.000000133. The molecule has 69 heavy (non-hydrogen) atoms. The van der Waals surface area contributed by atoms with Crippen LogP contribution in [-0.4, -0.2) is 29.9 Å². The Labute approximate surface area is 409 Å². The molecule has 0 fully saturated rings. The molecule has 2 aliphatic carbocycles. The van der Waals surface area contributed by atoms with Gasteiger partial charge in [-0.05, 0) is 62.5 Å². The van der Waals surface area contributed by atoms with Crippen molar-refractivity contribution in [2.45, 2.75) is 50.9 Å². The molecule has 10 aromatic rings. The summed E-state index contributed by atoms with van der Waals surface area (Å²) in [6.07, 6.45) is 1.08. The molecule has 0 spiro atoms. The highest BCUT2D eigenvalue weighted by Crippen LogP contribution is 2.48. The molecular formula is C62H51ClN6. The predicted octanol–water partition coefficient (Wildman–Crippen LogP) is 14.8. The monoisotopic (exact) mass is 914 g/mol. The lowest BCUT2D eigenvalue weighted by Crippen LogP contribution is -2.30. The third kappa shape index (κ3) is 9.24. The maximum absolute atomic E-state index is 5.99. The van der Waals surface area contributed by atoms with E-state index in [4.69, 9.17) is 26.6 Å². The van der Waals surface area contributed by atoms with Crippen molar-refractivity contribution in [2.24, 2.45) is 0 Å². The zero-order chi connectivity index (χ0) is 47.4. The largest absolute Gasteiger partial charge is 0.226 e. The van der Waals surface area contributed by atoms with E-state index in [9.17, 15) is 0 Å². The normalized spacial score (nSPS) is 13.7. The average molecular weight is 916 g/mol. The molecule has 6 nitrogen and oxygen atoms in total. The van der Waals surface area contributed by atoms with Gasteiger partial charge in [0.1, 0.15) is 5.82 Å². The second-order valence-electron chi connectivity index (χ2n) is 18.4. The number of rotatable bonds is 5. The minimum Gasteiger partial charge on any atom is -0.212 e. The van der Waals surface area contributed by atoms with Crippen molar-refractivity contribution in [3.05, 3.63) is 274 Å². The van der Waals surface area contributed by atoms with E-state index in [0.717, 1.165) is 34.5 Å². The van der Waals surface area contributed by atoms with E-state index < -0.39 is 0 Å². The van der Waals surface area contributed by atoms with Gasteiger partial charge in [0.25, 0.3) is 0 Å². The topological polar surface area (TPSA) is 77.3 Å². The molecule has 7 heteroatoms. The van der Waals surface area contributed by atoms with Gasteiger partial charge in [0, 0.05) is 33.1 Å². The molecule has 336 valence electrons. The summed E-state index contributed by atoms with van der Waals surface area (Å²) in [6, 6.07) is 74.8. The number of aromatic nitrogens is 6. The van der Waals surface area contributed by atoms with E-state index in [-0.39, 0.29) is 22.0 Å². The number of halogens is 1. The maximum Gasteiger partial charge on any atom is 0.226 e. The van der Waals surface area contributed by atoms with Gasteiger partial charge in [0.05, 0.1) is 5.92 Å². The van der Waals surface area contributed by atoms with Gasteiger partial charge in [0.15, 0.2) is 23.3 Å². The molecule has 0 N–H and O–H groups in total. The van der Waals surface area contributed by atoms with Gasteiger partial charge in [-0.15, -0.1) is 0 Å². The molecule has 0 radical (unpaired) electrons. The Morgan fingerprint density at radius 2 is 0.623 bits per heavy atom. The summed E-state index contributed by atoms with van der Waals surface area (Å²) < 4.78 is 0. The van der Waals surface area contributed by atoms with Crippen LogP contribution in [0.25, 0.3) is 45.6 Å². The Morgan fingerprint density at radius 1 is 0.333 bits per heavy atom. The van der Waals surface area contributed by atoms with Crippen LogP contribution in [0.2, 0.25) is 5.28 Å². The Morgan fingerprint density at radius 3 is 1.00 bits per heavy atom. The molecule has 0 bridgehead atoms. The van der Waals surface area contributed by atoms with Crippen molar-refractivity contribution in [1.29, 1.82) is 0 Å². The first-order chi connectivity index (χ1) is 33.6. The van der Waals surface area contributed by atoms with Crippen LogP contribution in [0.3, 0.4) is 0 Å². The van der Waals surface area contributed by atoms with E-state index in [1.807, 2.05) is 97.1 Å². The summed E-state index contributed by atoms with van der Waals surface area (Å²) >= 11 is 5.99. The minimum absolute atomic E-state index is 0.0617. The van der Waals surface area contributed by atoms with Gasteiger partial charge in [-0.1, -0.05) is 246 Å². The first kappa shape index (κ1) is 44.9. The summed E-state index contributed by atoms with van der Waals surface area (Å²) in [5.41, 5.74) is 14.9. The van der Waals surface area contributed by atoms with E-state index >= 15 is 0 Å². The van der Waals surface area contributed by atoms with Crippen molar-refractivity contribution >= 4 is 11.6 Å². The highest BCUT2D eigenvalue weighted by Gasteiger charge is 2.39. The summed E-state index contributed by atoms with van der Waals surface area (Å²) in [5.74, 6) is 3.28. The third-order valence-corrected chi connectivity index (χ3v) is 13.5. The third-order valence-electron chi connectivity index (χ3n) is 13.3. The predicted molar refractivity (Wildman–Crippen MR) is 280 cm³/mol. The zero-order valence-electron chi connectivity index (χ0n) is 39.1. The fourth-order valence-corrected chi connectivity index (χ4v) is 10.0. The fraction of sp³-hybridized carbons (Fsp3) is 0.129. The fourth-order valence-electron chi connectivity index (χ4n) is 9.88. The van der Waals surface area contributed by atoms with Crippen LogP contribution >= 0.6 is 11.6 Å². The van der Waals surface area contributed by atoms with Crippen LogP contribution in [0.5, 0.6) is 0 Å². The van der Waals surface area contributed by atoms with E-state index in [2.05, 4.69) is 164 Å². The lowest BCUT2D eigenvalue weighted by atomic mass is 9.65. The molecule has 0 saturated heterocycles. The smallest absolute Gasteiger partial charge is 0.212 e. The number of hydrogen-bond donors (Lipinski definition) is 0. The standard InChI is InChI=1S/C31H25N3.C16H16.C15H10ClN3/c1-31(2)25-19-11-9-17-23(25)27(24-18-10-12-20-26(24)31)30-33-28(21-13-5-3-6-14-21)32-29(34-30)22-15-7-4-8-16-22;1-16(2)14-9-5-3-7-12(14)11-13-8-4-6-10-15(13)16;16-15-18-13(11-7-3-1-4-8-11)17-14(19-15)12-9-5-2-6-10-12/h3-20,27H,1-2H3;3-10H,11H2,1-2H3;1-10H. The van der Waals surface area contributed by atoms with E-state index in [1.54, 1.807) is 0 Å². The van der Waals surface area contributed by atoms with E-state index in [0.29, 0.717) is 23.3 Å². The van der Waals surface area contributed by atoms with Crippen molar-refractivity contribution in [2.75, 3.05) is 0 Å². The first-order valence-electron chi connectivity index (χ1n) is 23.4. The molecule has 2 aromatic heterocycles. The number of hydrogen-bond acceptors (Lipinski definition) is 6. The summed E-state index contributed by atoms with van der Waals surface area (Å²) in [5, 5.41) is 0.202. The van der Waals surface area contributed by atoms with Gasteiger partial charge in [0.2, 0.25) is 5.28 Å². The van der Waals surface area contributed by atoms with Crippen LogP contribution in [0.1, 0.15) is 83.9 Å². The number of nitrogens with zero attached hydrogens (tertiary/aromatic N) is 6. The lowest BCUT2D eigenvalue weighted by Gasteiger charge is -2.39. The molecule has 0 aliphatic heterocycles. The molecule has 0 saturated carbocycles. The summed E-state index contributed by atoms with van der Waals surface area (Å²) in [7, 11) is 0. The van der Waals surface area contributed by atoms with Crippen molar-refractivity contribution in [1.82, 2.24) is 29.9 Å². The molecule has 0 atom stereocenters. The van der Waals surface area contributed by atoms with Crippen molar-refractivity contribution < 1.29 is 0 Å². The van der Waals surface area contributed by atoms with Crippen LogP contribution in [0.15, 0.2) is 218 Å². The Bertz CT molecular complexity index is 3160. The highest BCUT2D eigenvalue weighted by atomic mass is 35.5. The second kappa shape index (κ2) is 19.4. The molecule has 8 aromatic carbocycles. The van der Waals surface area contributed by atoms with Crippen LogP contribution < -0.4 is 0 Å². The molecular weight excluding hydrogens is 864 g/mol. The van der Waals surface area contributed by atoms with Crippen LogP contribution in [-0.2, 0) is 17.3 Å². The van der Waals surface area contributed by atoms with Crippen molar-refractivity contribution in [3.63, 3.8) is 0 Å². The molecule has 2 heterocycles. The SMILES string of the molecule is CC1(C)c2ccccc2C(c2nc(-c3ccccc3)nc(-c3ccccc3)n2)c2ccccc21.CC1(C)c2ccccc2Cc2ccccc21.Clc1nc(-c2ccccc2)nc(-c2ccccc2)n1. The maximum atomic E-state index is 5.99. The summed E-state index contributed by atoms with van der Waals surface area (Å²) in [6.45, 7) is 9.26. The first-order valence-corrected chi connectivity index (χ1v) is 23.8. The van der Waals surface area contributed by atoms with Crippen LogP contribution in [0, 0.1) is 0 Å². The van der Waals surface area contributed by atoms with Crippen molar-refractivity contribution in [3.8, 4) is 45.6 Å². The van der Waals surface area contributed by atoms with Gasteiger partial charge in [-0.25, -0.2) is 19.9 Å². The van der Waals surface area contributed by atoms with Gasteiger partial charge >= 0.3 is 0 Å². The Hall–Kier alpha value is -7.93. The highest BCUT2D eigenvalue weighted by molar-refractivity contribution is 6.28. The summed E-state index contributed by atoms with van der Waals surface area (Å²) in [4.78, 5) is 27.9. The number of fused-ring (bicyclic) bond motifs is 4. The molecule has 12 rings (SSSR count). The van der Waals surface area contributed by atoms with Crippen LogP contribution in [0.4, 0.5) is 0 Å². The second-order valence-corrected chi connectivity index (χ2v) is 18.7. The minimum atomic E-state index is -0.0960. The Kier molecular flexibility index (Phi) is 12.6.